The van der Waals surface area contributed by atoms with Gasteiger partial charge in [0.2, 0.25) is 5.91 Å². The normalized spacial score (nSPS) is 12.0. The lowest BCUT2D eigenvalue weighted by atomic mass is 9.92. The first-order valence-corrected chi connectivity index (χ1v) is 8.16. The number of allylic oxidation sites excluding steroid dienone is 1. The molecule has 0 aliphatic carbocycles. The van der Waals surface area contributed by atoms with Gasteiger partial charge in [-0.15, -0.1) is 0 Å². The third-order valence-electron chi connectivity index (χ3n) is 3.97. The van der Waals surface area contributed by atoms with Gasteiger partial charge in [0.05, 0.1) is 6.42 Å². The maximum atomic E-state index is 14.4. The highest BCUT2D eigenvalue weighted by Gasteiger charge is 2.24. The Bertz CT molecular complexity index is 633. The SMILES string of the molecule is C=CC(=C)CN(C/C(C)=C/C)C(=O)Cc1ccccc1C(C)(C)F. The summed E-state index contributed by atoms with van der Waals surface area (Å²) in [6.45, 7) is 15.5. The summed E-state index contributed by atoms with van der Waals surface area (Å²) in [5.41, 5.74) is 1.68. The highest BCUT2D eigenvalue weighted by Crippen LogP contribution is 2.28. The zero-order valence-electron chi connectivity index (χ0n) is 15.2. The highest BCUT2D eigenvalue weighted by molar-refractivity contribution is 5.80. The monoisotopic (exact) mass is 329 g/mol. The summed E-state index contributed by atoms with van der Waals surface area (Å²) in [4.78, 5) is 14.5. The Kier molecular flexibility index (Phi) is 7.15. The topological polar surface area (TPSA) is 20.3 Å². The van der Waals surface area contributed by atoms with Gasteiger partial charge in [0.25, 0.3) is 0 Å². The van der Waals surface area contributed by atoms with Gasteiger partial charge in [0.15, 0.2) is 0 Å². The van der Waals surface area contributed by atoms with Crippen molar-refractivity contribution in [2.45, 2.75) is 39.8 Å². The van der Waals surface area contributed by atoms with Gasteiger partial charge in [0, 0.05) is 13.1 Å². The summed E-state index contributed by atoms with van der Waals surface area (Å²) in [7, 11) is 0. The molecule has 0 aliphatic heterocycles. The minimum Gasteiger partial charge on any atom is -0.334 e. The van der Waals surface area contributed by atoms with Gasteiger partial charge < -0.3 is 4.90 Å². The summed E-state index contributed by atoms with van der Waals surface area (Å²) in [5, 5.41) is 0. The summed E-state index contributed by atoms with van der Waals surface area (Å²) >= 11 is 0. The van der Waals surface area contributed by atoms with Gasteiger partial charge in [-0.1, -0.05) is 55.1 Å². The molecule has 0 fully saturated rings. The molecule has 130 valence electrons. The third-order valence-corrected chi connectivity index (χ3v) is 3.97. The van der Waals surface area contributed by atoms with E-state index < -0.39 is 5.67 Å². The lowest BCUT2D eigenvalue weighted by molar-refractivity contribution is -0.129. The van der Waals surface area contributed by atoms with Gasteiger partial charge in [-0.3, -0.25) is 4.79 Å². The number of hydrogen-bond donors (Lipinski definition) is 0. The molecule has 0 aromatic heterocycles. The van der Waals surface area contributed by atoms with E-state index in [1.165, 1.54) is 13.8 Å². The van der Waals surface area contributed by atoms with Crippen molar-refractivity contribution in [2.24, 2.45) is 0 Å². The molecule has 0 heterocycles. The van der Waals surface area contributed by atoms with E-state index in [0.29, 0.717) is 18.7 Å². The third kappa shape index (κ3) is 5.80. The highest BCUT2D eigenvalue weighted by atomic mass is 19.1. The van der Waals surface area contributed by atoms with Crippen LogP contribution in [0.25, 0.3) is 0 Å². The summed E-state index contributed by atoms with van der Waals surface area (Å²) in [6.07, 6.45) is 3.81. The molecular formula is C21H28FNO. The smallest absolute Gasteiger partial charge is 0.227 e. The average molecular weight is 329 g/mol. The maximum absolute atomic E-state index is 14.4. The first-order valence-electron chi connectivity index (χ1n) is 8.16. The van der Waals surface area contributed by atoms with Crippen molar-refractivity contribution in [1.29, 1.82) is 0 Å². The van der Waals surface area contributed by atoms with Crippen molar-refractivity contribution >= 4 is 5.91 Å². The van der Waals surface area contributed by atoms with E-state index in [-0.39, 0.29) is 12.3 Å². The van der Waals surface area contributed by atoms with Crippen LogP contribution in [0.5, 0.6) is 0 Å². The van der Waals surface area contributed by atoms with Crippen molar-refractivity contribution in [2.75, 3.05) is 13.1 Å². The van der Waals surface area contributed by atoms with E-state index in [1.807, 2.05) is 32.1 Å². The predicted octanol–water partition coefficient (Wildman–Crippen LogP) is 4.97. The number of hydrogen-bond acceptors (Lipinski definition) is 1. The molecule has 0 unspecified atom stereocenters. The van der Waals surface area contributed by atoms with E-state index in [1.54, 1.807) is 23.1 Å². The summed E-state index contributed by atoms with van der Waals surface area (Å²) < 4.78 is 14.4. The van der Waals surface area contributed by atoms with Crippen LogP contribution in [-0.2, 0) is 16.9 Å². The van der Waals surface area contributed by atoms with Crippen LogP contribution in [0.2, 0.25) is 0 Å². The van der Waals surface area contributed by atoms with Crippen molar-refractivity contribution in [3.63, 3.8) is 0 Å². The van der Waals surface area contributed by atoms with E-state index in [9.17, 15) is 9.18 Å². The van der Waals surface area contributed by atoms with E-state index in [0.717, 1.165) is 16.7 Å². The largest absolute Gasteiger partial charge is 0.334 e. The Balaban J connectivity index is 3.04. The molecule has 0 bridgehead atoms. The fourth-order valence-corrected chi connectivity index (χ4v) is 2.46. The van der Waals surface area contributed by atoms with E-state index >= 15 is 0 Å². The van der Waals surface area contributed by atoms with Crippen LogP contribution in [-0.4, -0.2) is 23.9 Å². The van der Waals surface area contributed by atoms with Crippen LogP contribution in [0.4, 0.5) is 4.39 Å². The van der Waals surface area contributed by atoms with Gasteiger partial charge in [-0.25, -0.2) is 4.39 Å². The number of carbonyl (C=O) groups excluding carboxylic acids is 1. The van der Waals surface area contributed by atoms with E-state index in [4.69, 9.17) is 0 Å². The van der Waals surface area contributed by atoms with Crippen LogP contribution in [0.1, 0.15) is 38.8 Å². The van der Waals surface area contributed by atoms with Gasteiger partial charge in [-0.05, 0) is 44.4 Å². The molecule has 0 atom stereocenters. The fraction of sp³-hybridized carbons (Fsp3) is 0.381. The fourth-order valence-electron chi connectivity index (χ4n) is 2.46. The number of carbonyl (C=O) groups is 1. The molecule has 24 heavy (non-hydrogen) atoms. The first-order chi connectivity index (χ1) is 11.2. The lowest BCUT2D eigenvalue weighted by Crippen LogP contribution is -2.35. The van der Waals surface area contributed by atoms with Crippen LogP contribution >= 0.6 is 0 Å². The van der Waals surface area contributed by atoms with Gasteiger partial charge in [-0.2, -0.15) is 0 Å². The van der Waals surface area contributed by atoms with Crippen LogP contribution < -0.4 is 0 Å². The predicted molar refractivity (Wildman–Crippen MR) is 99.6 cm³/mol. The first kappa shape index (κ1) is 19.9. The quantitative estimate of drug-likeness (QED) is 0.487. The molecule has 1 rings (SSSR count). The molecule has 2 nitrogen and oxygen atoms in total. The molecule has 0 aliphatic rings. The molecule has 1 amide bonds. The minimum atomic E-state index is -1.48. The number of nitrogens with zero attached hydrogens (tertiary/aromatic N) is 1. The Hall–Kier alpha value is -2.16. The summed E-state index contributed by atoms with van der Waals surface area (Å²) in [5.74, 6) is -0.0455. The zero-order valence-corrected chi connectivity index (χ0v) is 15.2. The van der Waals surface area contributed by atoms with Crippen molar-refractivity contribution < 1.29 is 9.18 Å². The Morgan fingerprint density at radius 2 is 1.92 bits per heavy atom. The van der Waals surface area contributed by atoms with Crippen molar-refractivity contribution in [1.82, 2.24) is 4.90 Å². The maximum Gasteiger partial charge on any atom is 0.227 e. The van der Waals surface area contributed by atoms with E-state index in [2.05, 4.69) is 13.2 Å². The van der Waals surface area contributed by atoms with Crippen molar-refractivity contribution in [3.8, 4) is 0 Å². The molecule has 0 radical (unpaired) electrons. The number of alkyl halides is 1. The van der Waals surface area contributed by atoms with Crippen LogP contribution in [0, 0.1) is 0 Å². The number of halogens is 1. The second-order valence-corrected chi connectivity index (χ2v) is 6.55. The Morgan fingerprint density at radius 3 is 2.46 bits per heavy atom. The number of rotatable bonds is 8. The molecule has 1 aromatic carbocycles. The Morgan fingerprint density at radius 1 is 1.29 bits per heavy atom. The molecule has 0 saturated carbocycles. The zero-order chi connectivity index (χ0) is 18.3. The molecule has 0 N–H and O–H groups in total. The molecule has 1 aromatic rings. The standard InChI is InChI=1S/C21H28FNO/c1-7-16(3)14-23(15-17(4)8-2)20(24)13-18-11-9-10-12-19(18)21(5,6)22/h7-12H,1,3,13-15H2,2,4-6H3/b17-8+. The average Bonchev–Trinajstić information content (AvgIpc) is 2.53. The minimum absolute atomic E-state index is 0.0455. The molecule has 3 heteroatoms. The van der Waals surface area contributed by atoms with Crippen LogP contribution in [0.3, 0.4) is 0 Å². The Labute approximate surface area is 145 Å². The second-order valence-electron chi connectivity index (χ2n) is 6.55. The van der Waals surface area contributed by atoms with Crippen molar-refractivity contribution in [3.05, 3.63) is 71.8 Å². The molecule has 0 spiro atoms. The number of amides is 1. The van der Waals surface area contributed by atoms with Gasteiger partial charge >= 0.3 is 0 Å². The lowest BCUT2D eigenvalue weighted by Gasteiger charge is -2.25. The molecule has 0 saturated heterocycles. The second kappa shape index (κ2) is 8.62. The number of benzene rings is 1. The van der Waals surface area contributed by atoms with Crippen LogP contribution in [0.15, 0.2) is 60.7 Å². The summed E-state index contributed by atoms with van der Waals surface area (Å²) in [6, 6.07) is 7.19. The van der Waals surface area contributed by atoms with Gasteiger partial charge in [0.1, 0.15) is 5.67 Å². The molecular weight excluding hydrogens is 301 g/mol.